The van der Waals surface area contributed by atoms with Gasteiger partial charge in [0.25, 0.3) is 0 Å². The molecule has 1 unspecified atom stereocenters. The third kappa shape index (κ3) is 5.33. The summed E-state index contributed by atoms with van der Waals surface area (Å²) in [5.41, 5.74) is 6.28. The van der Waals surface area contributed by atoms with Crippen LogP contribution >= 0.6 is 11.8 Å². The van der Waals surface area contributed by atoms with Crippen LogP contribution in [0.5, 0.6) is 0 Å². The first-order valence-corrected chi connectivity index (χ1v) is 11.7. The van der Waals surface area contributed by atoms with Crippen LogP contribution in [0.3, 0.4) is 0 Å². The normalized spacial score (nSPS) is 17.3. The number of nitrogens with one attached hydrogen (secondary N) is 1. The Labute approximate surface area is 180 Å². The van der Waals surface area contributed by atoms with Gasteiger partial charge in [-0.1, -0.05) is 90.1 Å². The quantitative estimate of drug-likeness (QED) is 0.513. The van der Waals surface area contributed by atoms with E-state index in [1.165, 1.54) is 22.4 Å². The maximum atomic E-state index is 4.97. The van der Waals surface area contributed by atoms with Crippen molar-refractivity contribution in [3.05, 3.63) is 71.3 Å². The molecule has 0 bridgehead atoms. The zero-order valence-corrected chi connectivity index (χ0v) is 19.4. The topological polar surface area (TPSA) is 24.4 Å². The van der Waals surface area contributed by atoms with E-state index in [9.17, 15) is 0 Å². The Morgan fingerprint density at radius 1 is 0.931 bits per heavy atom. The lowest BCUT2D eigenvalue weighted by atomic mass is 9.92. The first kappa shape index (κ1) is 21.7. The molecule has 0 fully saturated rings. The fourth-order valence-corrected chi connectivity index (χ4v) is 4.80. The Bertz CT molecular complexity index is 853. The predicted octanol–water partition coefficient (Wildman–Crippen LogP) is 7.56. The molecule has 1 atom stereocenters. The van der Waals surface area contributed by atoms with E-state index < -0.39 is 0 Å². The van der Waals surface area contributed by atoms with Gasteiger partial charge in [-0.2, -0.15) is 0 Å². The molecular formula is C26H34N2S. The second-order valence-corrected chi connectivity index (χ2v) is 9.80. The highest BCUT2D eigenvalue weighted by molar-refractivity contribution is 8.14. The molecule has 0 amide bonds. The Morgan fingerprint density at radius 2 is 1.55 bits per heavy atom. The highest BCUT2D eigenvalue weighted by Gasteiger charge is 2.21. The van der Waals surface area contributed by atoms with Gasteiger partial charge in [-0.15, -0.1) is 11.8 Å². The van der Waals surface area contributed by atoms with Crippen molar-refractivity contribution in [3.63, 3.8) is 0 Å². The fourth-order valence-electron chi connectivity index (χ4n) is 3.59. The first-order chi connectivity index (χ1) is 13.9. The second kappa shape index (κ2) is 9.67. The number of nitrogens with zero attached hydrogens (tertiary/aromatic N) is 1. The van der Waals surface area contributed by atoms with Gasteiger partial charge in [0, 0.05) is 17.1 Å². The Hall–Kier alpha value is -2.00. The van der Waals surface area contributed by atoms with E-state index in [0.717, 1.165) is 16.5 Å². The lowest BCUT2D eigenvalue weighted by Crippen LogP contribution is -2.11. The zero-order chi connectivity index (χ0) is 21.0. The van der Waals surface area contributed by atoms with Crippen molar-refractivity contribution in [2.75, 3.05) is 11.1 Å². The molecular weight excluding hydrogens is 372 g/mol. The van der Waals surface area contributed by atoms with E-state index in [-0.39, 0.29) is 0 Å². The van der Waals surface area contributed by atoms with Crippen LogP contribution in [0.15, 0.2) is 59.6 Å². The lowest BCUT2D eigenvalue weighted by molar-refractivity contribution is 0.544. The molecule has 2 aromatic rings. The van der Waals surface area contributed by atoms with Crippen molar-refractivity contribution < 1.29 is 0 Å². The smallest absolute Gasteiger partial charge is 0.0929 e. The molecule has 0 saturated heterocycles. The van der Waals surface area contributed by atoms with Crippen molar-refractivity contribution >= 4 is 28.2 Å². The Kier molecular flexibility index (Phi) is 7.23. The summed E-state index contributed by atoms with van der Waals surface area (Å²) in [5, 5.41) is 4.96. The summed E-state index contributed by atoms with van der Waals surface area (Å²) in [5.74, 6) is 2.56. The van der Waals surface area contributed by atoms with Crippen LogP contribution < -0.4 is 5.32 Å². The molecule has 0 spiro atoms. The second-order valence-electron chi connectivity index (χ2n) is 8.76. The minimum Gasteiger partial charge on any atom is -0.354 e. The molecule has 0 aliphatic carbocycles. The summed E-state index contributed by atoms with van der Waals surface area (Å²) in [6.45, 7) is 13.6. The Balaban J connectivity index is 2.06. The summed E-state index contributed by atoms with van der Waals surface area (Å²) in [7, 11) is 0. The van der Waals surface area contributed by atoms with Gasteiger partial charge in [-0.25, -0.2) is 0 Å². The van der Waals surface area contributed by atoms with Crippen LogP contribution in [0.4, 0.5) is 5.69 Å². The highest BCUT2D eigenvalue weighted by Crippen LogP contribution is 2.35. The van der Waals surface area contributed by atoms with Gasteiger partial charge in [0.15, 0.2) is 0 Å². The number of benzene rings is 2. The average molecular weight is 407 g/mol. The Morgan fingerprint density at radius 3 is 2.07 bits per heavy atom. The zero-order valence-electron chi connectivity index (χ0n) is 18.6. The standard InChI is InChI=1S/C26H34N2S/c1-17(2)21-13-10-14-22(18(3)4)26(21)28-23(20-11-8-7-9-12-20)15-25-27-24(16-29-25)19(5)6/h7-15,17-19,24,28H,16H2,1-6H3. The fraction of sp³-hybridized carbons (Fsp3) is 0.423. The van der Waals surface area contributed by atoms with Crippen LogP contribution in [-0.4, -0.2) is 16.8 Å². The molecule has 154 valence electrons. The molecule has 1 aliphatic heterocycles. The summed E-state index contributed by atoms with van der Waals surface area (Å²) in [6, 6.07) is 17.7. The predicted molar refractivity (Wildman–Crippen MR) is 131 cm³/mol. The van der Waals surface area contributed by atoms with E-state index in [1.54, 1.807) is 0 Å². The van der Waals surface area contributed by atoms with Gasteiger partial charge in [0.1, 0.15) is 0 Å². The number of aliphatic imine (C=N–C) groups is 1. The van der Waals surface area contributed by atoms with E-state index in [0.29, 0.717) is 23.8 Å². The van der Waals surface area contributed by atoms with Crippen LogP contribution in [0.2, 0.25) is 0 Å². The highest BCUT2D eigenvalue weighted by atomic mass is 32.2. The van der Waals surface area contributed by atoms with Gasteiger partial charge >= 0.3 is 0 Å². The van der Waals surface area contributed by atoms with Gasteiger partial charge < -0.3 is 5.32 Å². The van der Waals surface area contributed by atoms with Crippen molar-refractivity contribution in [1.82, 2.24) is 0 Å². The van der Waals surface area contributed by atoms with Crippen molar-refractivity contribution in [1.29, 1.82) is 0 Å². The molecule has 1 aliphatic rings. The number of rotatable bonds is 7. The molecule has 1 heterocycles. The van der Waals surface area contributed by atoms with Crippen LogP contribution in [0.1, 0.15) is 70.1 Å². The molecule has 1 N–H and O–H groups in total. The first-order valence-electron chi connectivity index (χ1n) is 10.7. The van der Waals surface area contributed by atoms with Crippen LogP contribution in [0, 0.1) is 5.92 Å². The summed E-state index contributed by atoms with van der Waals surface area (Å²) in [6.07, 6.45) is 2.24. The van der Waals surface area contributed by atoms with Crippen molar-refractivity contribution in [2.24, 2.45) is 10.9 Å². The largest absolute Gasteiger partial charge is 0.354 e. The molecule has 3 heteroatoms. The molecule has 3 rings (SSSR count). The van der Waals surface area contributed by atoms with Crippen LogP contribution in [-0.2, 0) is 0 Å². The minimum atomic E-state index is 0.414. The number of thioether (sulfide) groups is 1. The molecule has 2 aromatic carbocycles. The summed E-state index contributed by atoms with van der Waals surface area (Å²) >= 11 is 1.87. The van der Waals surface area contributed by atoms with Crippen LogP contribution in [0.25, 0.3) is 5.70 Å². The van der Waals surface area contributed by atoms with Gasteiger partial charge in [0.2, 0.25) is 0 Å². The third-order valence-corrected chi connectivity index (χ3v) is 6.48. The number of para-hydroxylation sites is 1. The van der Waals surface area contributed by atoms with E-state index in [4.69, 9.17) is 4.99 Å². The average Bonchev–Trinajstić information content (AvgIpc) is 3.17. The number of hydrogen-bond donors (Lipinski definition) is 1. The van der Waals surface area contributed by atoms with E-state index >= 15 is 0 Å². The van der Waals surface area contributed by atoms with Crippen molar-refractivity contribution in [2.45, 2.75) is 59.4 Å². The monoisotopic (exact) mass is 406 g/mol. The number of hydrogen-bond acceptors (Lipinski definition) is 3. The maximum absolute atomic E-state index is 4.97. The van der Waals surface area contributed by atoms with Gasteiger partial charge in [0.05, 0.1) is 11.1 Å². The van der Waals surface area contributed by atoms with Crippen molar-refractivity contribution in [3.8, 4) is 0 Å². The lowest BCUT2D eigenvalue weighted by Gasteiger charge is -2.22. The molecule has 2 nitrogen and oxygen atoms in total. The molecule has 0 aromatic heterocycles. The minimum absolute atomic E-state index is 0.414. The molecule has 0 saturated carbocycles. The molecule has 29 heavy (non-hydrogen) atoms. The number of anilines is 1. The molecule has 0 radical (unpaired) electrons. The third-order valence-electron chi connectivity index (χ3n) is 5.45. The SMILES string of the molecule is CC(C)c1cccc(C(C)C)c1NC(=CC1=NC(C(C)C)CS1)c1ccccc1. The van der Waals surface area contributed by atoms with Gasteiger partial charge in [-0.3, -0.25) is 4.99 Å². The van der Waals surface area contributed by atoms with E-state index in [1.807, 2.05) is 11.8 Å². The van der Waals surface area contributed by atoms with Gasteiger partial charge in [-0.05, 0) is 40.5 Å². The maximum Gasteiger partial charge on any atom is 0.0929 e. The van der Waals surface area contributed by atoms with E-state index in [2.05, 4.69) is 101 Å². The summed E-state index contributed by atoms with van der Waals surface area (Å²) < 4.78 is 0. The summed E-state index contributed by atoms with van der Waals surface area (Å²) in [4.78, 5) is 4.97.